The van der Waals surface area contributed by atoms with Gasteiger partial charge in [0, 0.05) is 11.8 Å². The van der Waals surface area contributed by atoms with Gasteiger partial charge in [0.1, 0.15) is 6.04 Å². The Balaban J connectivity index is 2.48. The van der Waals surface area contributed by atoms with Gasteiger partial charge in [0.15, 0.2) is 0 Å². The molecule has 0 saturated carbocycles. The lowest BCUT2D eigenvalue weighted by molar-refractivity contribution is -0.144. The van der Waals surface area contributed by atoms with Gasteiger partial charge in [-0.2, -0.15) is 0 Å². The molecule has 0 fully saturated rings. The predicted octanol–water partition coefficient (Wildman–Crippen LogP) is 0.509. The van der Waals surface area contributed by atoms with E-state index >= 15 is 0 Å². The second-order valence-corrected chi connectivity index (χ2v) is 3.30. The molecule has 1 aromatic rings. The summed E-state index contributed by atoms with van der Waals surface area (Å²) in [6, 6.07) is 4.62. The molecule has 0 aromatic carbocycles. The highest BCUT2D eigenvalue weighted by Gasteiger charge is 2.29. The van der Waals surface area contributed by atoms with E-state index in [2.05, 4.69) is 4.74 Å². The molecule has 0 saturated heterocycles. The Labute approximate surface area is 81.1 Å². The van der Waals surface area contributed by atoms with Crippen LogP contribution >= 0.6 is 0 Å². The second-order valence-electron chi connectivity index (χ2n) is 3.30. The monoisotopic (exact) mass is 193 g/mol. The van der Waals surface area contributed by atoms with Crippen molar-refractivity contribution in [3.63, 3.8) is 0 Å². The van der Waals surface area contributed by atoms with E-state index in [9.17, 15) is 9.59 Å². The Kier molecular flexibility index (Phi) is 2.11. The molecule has 74 valence electrons. The number of hydrogen-bond acceptors (Lipinski definition) is 3. The van der Waals surface area contributed by atoms with Crippen LogP contribution in [0.4, 0.5) is 0 Å². The number of methoxy groups -OCH3 is 1. The van der Waals surface area contributed by atoms with Gasteiger partial charge in [-0.3, -0.25) is 9.36 Å². The molecule has 0 N–H and O–H groups in total. The highest BCUT2D eigenvalue weighted by atomic mass is 16.5. The Bertz CT molecular complexity index is 422. The van der Waals surface area contributed by atoms with E-state index in [1.165, 1.54) is 17.7 Å². The van der Waals surface area contributed by atoms with E-state index in [4.69, 9.17) is 0 Å². The lowest BCUT2D eigenvalue weighted by Gasteiger charge is -2.10. The van der Waals surface area contributed by atoms with Gasteiger partial charge < -0.3 is 4.74 Å². The number of esters is 1. The fourth-order valence-electron chi connectivity index (χ4n) is 1.87. The topological polar surface area (TPSA) is 48.3 Å². The zero-order valence-electron chi connectivity index (χ0n) is 7.90. The summed E-state index contributed by atoms with van der Waals surface area (Å²) in [6.07, 6.45) is 1.42. The number of aryl methyl sites for hydroxylation is 1. The van der Waals surface area contributed by atoms with Crippen molar-refractivity contribution in [1.82, 2.24) is 4.57 Å². The quantitative estimate of drug-likeness (QED) is 0.610. The third kappa shape index (κ3) is 1.23. The number of fused-ring (bicyclic) bond motifs is 1. The Morgan fingerprint density at radius 1 is 1.57 bits per heavy atom. The molecular formula is C10H11NO3. The molecule has 2 rings (SSSR count). The van der Waals surface area contributed by atoms with Crippen LogP contribution in [0.1, 0.15) is 18.2 Å². The molecule has 1 aromatic heterocycles. The maximum atomic E-state index is 11.5. The summed E-state index contributed by atoms with van der Waals surface area (Å²) in [5.41, 5.74) is 0.781. The van der Waals surface area contributed by atoms with Crippen LogP contribution in [0.3, 0.4) is 0 Å². The fraction of sp³-hybridized carbons (Fsp3) is 0.400. The molecule has 2 heterocycles. The van der Waals surface area contributed by atoms with E-state index in [1.54, 1.807) is 6.07 Å². The minimum Gasteiger partial charge on any atom is -0.467 e. The average molecular weight is 193 g/mol. The lowest BCUT2D eigenvalue weighted by atomic mass is 10.2. The van der Waals surface area contributed by atoms with E-state index in [1.807, 2.05) is 6.07 Å². The number of rotatable bonds is 1. The standard InChI is InChI=1S/C10H11NO3/c1-14-10(13)8-6-5-7-3-2-4-9(12)11(7)8/h2-4,8H,5-6H2,1H3/t8-/m0/s1. The van der Waals surface area contributed by atoms with Crippen molar-refractivity contribution >= 4 is 5.97 Å². The molecule has 1 atom stereocenters. The Morgan fingerprint density at radius 2 is 2.36 bits per heavy atom. The Hall–Kier alpha value is -1.58. The number of carbonyl (C=O) groups excluding carboxylic acids is 1. The van der Waals surface area contributed by atoms with Gasteiger partial charge >= 0.3 is 5.97 Å². The number of carbonyl (C=O) groups is 1. The Morgan fingerprint density at radius 3 is 3.07 bits per heavy atom. The van der Waals surface area contributed by atoms with Crippen molar-refractivity contribution in [3.8, 4) is 0 Å². The molecule has 0 unspecified atom stereocenters. The largest absolute Gasteiger partial charge is 0.467 e. The molecule has 1 aliphatic heterocycles. The van der Waals surface area contributed by atoms with Crippen molar-refractivity contribution in [2.45, 2.75) is 18.9 Å². The molecule has 4 heteroatoms. The van der Waals surface area contributed by atoms with Gasteiger partial charge in [-0.25, -0.2) is 4.79 Å². The maximum absolute atomic E-state index is 11.5. The smallest absolute Gasteiger partial charge is 0.328 e. The minimum absolute atomic E-state index is 0.129. The molecule has 0 aliphatic carbocycles. The van der Waals surface area contributed by atoms with Gasteiger partial charge in [-0.1, -0.05) is 6.07 Å². The SMILES string of the molecule is COC(=O)[C@@H]1CCc2cccc(=O)n21. The molecule has 0 amide bonds. The number of ether oxygens (including phenoxy) is 1. The summed E-state index contributed by atoms with van der Waals surface area (Å²) in [6.45, 7) is 0. The summed E-state index contributed by atoms with van der Waals surface area (Å²) >= 11 is 0. The number of hydrogen-bond donors (Lipinski definition) is 0. The van der Waals surface area contributed by atoms with Crippen LogP contribution in [-0.2, 0) is 16.0 Å². The maximum Gasteiger partial charge on any atom is 0.328 e. The number of nitrogens with zero attached hydrogens (tertiary/aromatic N) is 1. The predicted molar refractivity (Wildman–Crippen MR) is 50.1 cm³/mol. The summed E-state index contributed by atoms with van der Waals surface area (Å²) in [5, 5.41) is 0. The summed E-state index contributed by atoms with van der Waals surface area (Å²) in [4.78, 5) is 22.8. The van der Waals surface area contributed by atoms with Crippen LogP contribution in [0.25, 0.3) is 0 Å². The van der Waals surface area contributed by atoms with Crippen molar-refractivity contribution in [1.29, 1.82) is 0 Å². The van der Waals surface area contributed by atoms with Crippen LogP contribution in [0.15, 0.2) is 23.0 Å². The van der Waals surface area contributed by atoms with Gasteiger partial charge in [-0.05, 0) is 18.9 Å². The third-order valence-electron chi connectivity index (χ3n) is 2.53. The average Bonchev–Trinajstić information content (AvgIpc) is 2.62. The summed E-state index contributed by atoms with van der Waals surface area (Å²) < 4.78 is 6.17. The highest BCUT2D eigenvalue weighted by molar-refractivity contribution is 5.74. The van der Waals surface area contributed by atoms with Gasteiger partial charge in [0.05, 0.1) is 7.11 Å². The first-order valence-corrected chi connectivity index (χ1v) is 4.52. The number of aromatic nitrogens is 1. The van der Waals surface area contributed by atoms with Crippen molar-refractivity contribution in [2.24, 2.45) is 0 Å². The first-order valence-electron chi connectivity index (χ1n) is 4.52. The van der Waals surface area contributed by atoms with Crippen LogP contribution < -0.4 is 5.56 Å². The van der Waals surface area contributed by atoms with Crippen LogP contribution in [0.2, 0.25) is 0 Å². The van der Waals surface area contributed by atoms with E-state index in [0.717, 1.165) is 12.1 Å². The first kappa shape index (κ1) is 8.99. The van der Waals surface area contributed by atoms with E-state index in [0.29, 0.717) is 6.42 Å². The zero-order valence-corrected chi connectivity index (χ0v) is 7.90. The molecule has 14 heavy (non-hydrogen) atoms. The van der Waals surface area contributed by atoms with Crippen molar-refractivity contribution in [2.75, 3.05) is 7.11 Å². The van der Waals surface area contributed by atoms with Crippen molar-refractivity contribution in [3.05, 3.63) is 34.2 Å². The zero-order chi connectivity index (χ0) is 10.1. The summed E-state index contributed by atoms with van der Waals surface area (Å²) in [5.74, 6) is -0.336. The minimum atomic E-state index is -0.427. The van der Waals surface area contributed by atoms with Gasteiger partial charge in [0.2, 0.25) is 0 Å². The molecule has 1 aliphatic rings. The van der Waals surface area contributed by atoms with Crippen molar-refractivity contribution < 1.29 is 9.53 Å². The molecule has 0 radical (unpaired) electrons. The lowest BCUT2D eigenvalue weighted by Crippen LogP contribution is -2.27. The molecule has 0 bridgehead atoms. The molecule has 0 spiro atoms. The van der Waals surface area contributed by atoms with Crippen LogP contribution in [-0.4, -0.2) is 17.6 Å². The van der Waals surface area contributed by atoms with E-state index in [-0.39, 0.29) is 11.5 Å². The van der Waals surface area contributed by atoms with Crippen LogP contribution in [0.5, 0.6) is 0 Å². The third-order valence-corrected chi connectivity index (χ3v) is 2.53. The highest BCUT2D eigenvalue weighted by Crippen LogP contribution is 2.23. The van der Waals surface area contributed by atoms with Gasteiger partial charge in [0.25, 0.3) is 5.56 Å². The van der Waals surface area contributed by atoms with E-state index < -0.39 is 6.04 Å². The van der Waals surface area contributed by atoms with Gasteiger partial charge in [-0.15, -0.1) is 0 Å². The fourth-order valence-corrected chi connectivity index (χ4v) is 1.87. The summed E-state index contributed by atoms with van der Waals surface area (Å²) in [7, 11) is 1.34. The molecular weight excluding hydrogens is 182 g/mol. The molecule has 4 nitrogen and oxygen atoms in total. The second kappa shape index (κ2) is 3.29. The number of pyridine rings is 1. The normalized spacial score (nSPS) is 19.1. The van der Waals surface area contributed by atoms with Crippen LogP contribution in [0, 0.1) is 0 Å². The first-order chi connectivity index (χ1) is 6.74.